The lowest BCUT2D eigenvalue weighted by Crippen LogP contribution is -2.48. The Balaban J connectivity index is 2.03. The molecule has 0 saturated heterocycles. The Bertz CT molecular complexity index is 492. The number of nitrogens with zero attached hydrogens (tertiary/aromatic N) is 2. The molecule has 1 aliphatic carbocycles. The number of hydrogen-bond acceptors (Lipinski definition) is 3. The van der Waals surface area contributed by atoms with Crippen molar-refractivity contribution in [3.05, 3.63) is 23.7 Å². The van der Waals surface area contributed by atoms with Crippen LogP contribution in [0, 0.1) is 29.6 Å². The number of rotatable bonds is 3. The molecule has 1 fully saturated rings. The maximum Gasteiger partial charge on any atom is 0.243 e. The summed E-state index contributed by atoms with van der Waals surface area (Å²) >= 11 is 0. The Morgan fingerprint density at radius 2 is 2.28 bits per heavy atom. The van der Waals surface area contributed by atoms with Gasteiger partial charge in [-0.05, 0) is 37.8 Å². The van der Waals surface area contributed by atoms with E-state index in [1.165, 1.54) is 0 Å². The van der Waals surface area contributed by atoms with E-state index < -0.39 is 5.41 Å². The van der Waals surface area contributed by atoms with E-state index in [2.05, 4.69) is 13.0 Å². The molecule has 0 aromatic carbocycles. The molecule has 0 atom stereocenters. The van der Waals surface area contributed by atoms with Gasteiger partial charge in [0.05, 0.1) is 12.6 Å². The minimum atomic E-state index is -0.796. The predicted octanol–water partition coefficient (Wildman–Crippen LogP) is 2.49. The summed E-state index contributed by atoms with van der Waals surface area (Å²) in [6.07, 6.45) is 1.34. The molecule has 1 aliphatic rings. The minimum Gasteiger partial charge on any atom is -0.464 e. The van der Waals surface area contributed by atoms with Gasteiger partial charge in [0.1, 0.15) is 16.9 Å². The van der Waals surface area contributed by atoms with Crippen LogP contribution >= 0.6 is 0 Å². The van der Waals surface area contributed by atoms with Gasteiger partial charge in [0.2, 0.25) is 5.91 Å². The fourth-order valence-corrected chi connectivity index (χ4v) is 2.68. The van der Waals surface area contributed by atoms with Crippen molar-refractivity contribution in [2.24, 2.45) is 11.3 Å². The van der Waals surface area contributed by atoms with Gasteiger partial charge in [0.25, 0.3) is 0 Å². The number of amides is 1. The van der Waals surface area contributed by atoms with Crippen molar-refractivity contribution in [1.82, 2.24) is 4.90 Å². The average molecular weight is 246 g/mol. The van der Waals surface area contributed by atoms with Crippen LogP contribution in [-0.2, 0) is 11.3 Å². The molecule has 0 radical (unpaired) electrons. The molecule has 0 unspecified atom stereocenters. The highest BCUT2D eigenvalue weighted by Crippen LogP contribution is 2.46. The van der Waals surface area contributed by atoms with Crippen LogP contribution in [0.15, 0.2) is 16.5 Å². The molecule has 0 spiro atoms. The molecule has 0 aliphatic heterocycles. The van der Waals surface area contributed by atoms with Gasteiger partial charge in [-0.2, -0.15) is 5.26 Å². The fraction of sp³-hybridized carbons (Fsp3) is 0.571. The summed E-state index contributed by atoms with van der Waals surface area (Å²) in [5.41, 5.74) is -0.796. The van der Waals surface area contributed by atoms with Crippen LogP contribution in [0.1, 0.15) is 31.3 Å². The number of furan rings is 1. The van der Waals surface area contributed by atoms with E-state index in [4.69, 9.17) is 4.42 Å². The second-order valence-corrected chi connectivity index (χ2v) is 5.38. The van der Waals surface area contributed by atoms with Crippen molar-refractivity contribution >= 4 is 5.91 Å². The van der Waals surface area contributed by atoms with E-state index >= 15 is 0 Å². The molecule has 4 heteroatoms. The number of carbonyl (C=O) groups excluding carboxylic acids is 1. The lowest BCUT2D eigenvalue weighted by atomic mass is 9.63. The van der Waals surface area contributed by atoms with Crippen LogP contribution in [0.25, 0.3) is 0 Å². The van der Waals surface area contributed by atoms with E-state index in [1.54, 1.807) is 11.9 Å². The van der Waals surface area contributed by atoms with Gasteiger partial charge in [-0.3, -0.25) is 4.79 Å². The van der Waals surface area contributed by atoms with Gasteiger partial charge in [-0.1, -0.05) is 6.92 Å². The fourth-order valence-electron chi connectivity index (χ4n) is 2.68. The summed E-state index contributed by atoms with van der Waals surface area (Å²) in [7, 11) is 1.72. The standard InChI is InChI=1S/C14H18N2O2/c1-10-6-14(7-10,9-15)13(17)16(3)8-12-5-4-11(2)18-12/h4-5,10H,6-8H2,1-3H3. The van der Waals surface area contributed by atoms with E-state index in [0.717, 1.165) is 11.5 Å². The van der Waals surface area contributed by atoms with E-state index in [9.17, 15) is 10.1 Å². The summed E-state index contributed by atoms with van der Waals surface area (Å²) in [5.74, 6) is 1.96. The van der Waals surface area contributed by atoms with E-state index in [-0.39, 0.29) is 5.91 Å². The first-order chi connectivity index (χ1) is 8.47. The number of aryl methyl sites for hydroxylation is 1. The zero-order valence-electron chi connectivity index (χ0n) is 11.1. The molecule has 0 N–H and O–H groups in total. The summed E-state index contributed by atoms with van der Waals surface area (Å²) in [6.45, 7) is 4.36. The van der Waals surface area contributed by atoms with Crippen LogP contribution in [0.2, 0.25) is 0 Å². The SMILES string of the molecule is Cc1ccc(CN(C)C(=O)C2(C#N)CC(C)C2)o1. The highest BCUT2D eigenvalue weighted by Gasteiger charge is 2.50. The highest BCUT2D eigenvalue weighted by atomic mass is 16.3. The second-order valence-electron chi connectivity index (χ2n) is 5.38. The summed E-state index contributed by atoms with van der Waals surface area (Å²) in [6, 6.07) is 5.93. The number of hydrogen-bond donors (Lipinski definition) is 0. The quantitative estimate of drug-likeness (QED) is 0.823. The lowest BCUT2D eigenvalue weighted by molar-refractivity contribution is -0.144. The third-order valence-corrected chi connectivity index (χ3v) is 3.55. The van der Waals surface area contributed by atoms with Crippen molar-refractivity contribution in [1.29, 1.82) is 5.26 Å². The van der Waals surface area contributed by atoms with Gasteiger partial charge in [-0.15, -0.1) is 0 Å². The monoisotopic (exact) mass is 246 g/mol. The van der Waals surface area contributed by atoms with Crippen molar-refractivity contribution in [2.75, 3.05) is 7.05 Å². The Kier molecular flexibility index (Phi) is 3.16. The smallest absolute Gasteiger partial charge is 0.243 e. The van der Waals surface area contributed by atoms with Gasteiger partial charge in [0.15, 0.2) is 0 Å². The molecule has 2 rings (SSSR count). The third-order valence-electron chi connectivity index (χ3n) is 3.55. The van der Waals surface area contributed by atoms with Crippen molar-refractivity contribution in [3.63, 3.8) is 0 Å². The van der Waals surface area contributed by atoms with Crippen molar-refractivity contribution in [3.8, 4) is 6.07 Å². The third kappa shape index (κ3) is 2.13. The number of carbonyl (C=O) groups is 1. The Hall–Kier alpha value is -1.76. The molecule has 1 aromatic heterocycles. The van der Waals surface area contributed by atoms with Crippen LogP contribution in [-0.4, -0.2) is 17.9 Å². The summed E-state index contributed by atoms with van der Waals surface area (Å²) < 4.78 is 5.45. The van der Waals surface area contributed by atoms with Crippen molar-refractivity contribution in [2.45, 2.75) is 33.2 Å². The second kappa shape index (κ2) is 4.49. The van der Waals surface area contributed by atoms with Crippen LogP contribution in [0.5, 0.6) is 0 Å². The molecular weight excluding hydrogens is 228 g/mol. The number of nitriles is 1. The molecule has 4 nitrogen and oxygen atoms in total. The van der Waals surface area contributed by atoms with Crippen LogP contribution < -0.4 is 0 Å². The molecule has 1 amide bonds. The zero-order chi connectivity index (χ0) is 13.3. The first-order valence-electron chi connectivity index (χ1n) is 6.19. The predicted molar refractivity (Wildman–Crippen MR) is 66.4 cm³/mol. The van der Waals surface area contributed by atoms with Crippen LogP contribution in [0.4, 0.5) is 0 Å². The first-order valence-corrected chi connectivity index (χ1v) is 6.19. The van der Waals surface area contributed by atoms with Gasteiger partial charge < -0.3 is 9.32 Å². The molecule has 1 aromatic rings. The molecular formula is C14H18N2O2. The normalized spacial score (nSPS) is 26.2. The van der Waals surface area contributed by atoms with E-state index in [0.29, 0.717) is 25.3 Å². The van der Waals surface area contributed by atoms with Crippen molar-refractivity contribution < 1.29 is 9.21 Å². The van der Waals surface area contributed by atoms with Gasteiger partial charge >= 0.3 is 0 Å². The molecule has 1 saturated carbocycles. The zero-order valence-corrected chi connectivity index (χ0v) is 11.1. The maximum absolute atomic E-state index is 12.3. The van der Waals surface area contributed by atoms with Gasteiger partial charge in [0, 0.05) is 7.05 Å². The molecule has 96 valence electrons. The molecule has 18 heavy (non-hydrogen) atoms. The summed E-state index contributed by atoms with van der Waals surface area (Å²) in [4.78, 5) is 13.9. The average Bonchev–Trinajstić information content (AvgIpc) is 2.69. The largest absolute Gasteiger partial charge is 0.464 e. The highest BCUT2D eigenvalue weighted by molar-refractivity contribution is 5.86. The Morgan fingerprint density at radius 3 is 2.72 bits per heavy atom. The topological polar surface area (TPSA) is 57.2 Å². The Morgan fingerprint density at radius 1 is 1.61 bits per heavy atom. The summed E-state index contributed by atoms with van der Waals surface area (Å²) in [5, 5.41) is 9.22. The lowest BCUT2D eigenvalue weighted by Gasteiger charge is -2.41. The molecule has 1 heterocycles. The van der Waals surface area contributed by atoms with E-state index in [1.807, 2.05) is 19.1 Å². The minimum absolute atomic E-state index is 0.0860. The maximum atomic E-state index is 12.3. The molecule has 0 bridgehead atoms. The van der Waals surface area contributed by atoms with Crippen LogP contribution in [0.3, 0.4) is 0 Å². The Labute approximate surface area is 107 Å². The first kappa shape index (κ1) is 12.7. The van der Waals surface area contributed by atoms with Gasteiger partial charge in [-0.25, -0.2) is 0 Å².